The Balaban J connectivity index is 1.87. The first kappa shape index (κ1) is 13.2. The molecule has 104 valence electrons. The van der Waals surface area contributed by atoms with Crippen LogP contribution in [0.4, 0.5) is 0 Å². The van der Waals surface area contributed by atoms with Crippen LogP contribution in [-0.2, 0) is 17.8 Å². The van der Waals surface area contributed by atoms with E-state index >= 15 is 0 Å². The smallest absolute Gasteiger partial charge is 0.313 e. The molecule has 0 aliphatic heterocycles. The van der Waals surface area contributed by atoms with Crippen LogP contribution in [0, 0.1) is 0 Å². The van der Waals surface area contributed by atoms with Gasteiger partial charge < -0.3 is 9.67 Å². The van der Waals surface area contributed by atoms with Crippen molar-refractivity contribution in [1.82, 2.24) is 14.8 Å². The van der Waals surface area contributed by atoms with E-state index in [1.54, 1.807) is 0 Å². The third kappa shape index (κ3) is 2.20. The van der Waals surface area contributed by atoms with Gasteiger partial charge in [-0.3, -0.25) is 4.79 Å². The summed E-state index contributed by atoms with van der Waals surface area (Å²) in [6.45, 7) is 2.78. The maximum absolute atomic E-state index is 10.7. The second-order valence-corrected chi connectivity index (χ2v) is 5.67. The van der Waals surface area contributed by atoms with E-state index in [9.17, 15) is 4.79 Å². The molecule has 3 rings (SSSR count). The van der Waals surface area contributed by atoms with E-state index < -0.39 is 5.97 Å². The SMILES string of the molecule is CCn1c(SCC(=O)O)nnc1C1Cc2ccccc21. The van der Waals surface area contributed by atoms with Crippen molar-refractivity contribution in [3.63, 3.8) is 0 Å². The third-order valence-corrected chi connectivity index (χ3v) is 4.50. The van der Waals surface area contributed by atoms with Crippen LogP contribution in [0.3, 0.4) is 0 Å². The maximum Gasteiger partial charge on any atom is 0.313 e. The summed E-state index contributed by atoms with van der Waals surface area (Å²) in [6, 6.07) is 8.35. The summed E-state index contributed by atoms with van der Waals surface area (Å²) in [6.07, 6.45) is 0.984. The molecular weight excluding hydrogens is 274 g/mol. The molecule has 0 radical (unpaired) electrons. The first-order valence-corrected chi connectivity index (χ1v) is 7.54. The van der Waals surface area contributed by atoms with E-state index in [2.05, 4.69) is 22.3 Å². The Morgan fingerprint density at radius 3 is 2.95 bits per heavy atom. The van der Waals surface area contributed by atoms with Crippen LogP contribution in [0.1, 0.15) is 29.8 Å². The highest BCUT2D eigenvalue weighted by Crippen LogP contribution is 2.39. The van der Waals surface area contributed by atoms with Gasteiger partial charge in [-0.15, -0.1) is 10.2 Å². The predicted molar refractivity (Wildman–Crippen MR) is 76.0 cm³/mol. The molecule has 2 aromatic rings. The lowest BCUT2D eigenvalue weighted by atomic mass is 9.77. The Morgan fingerprint density at radius 2 is 2.25 bits per heavy atom. The largest absolute Gasteiger partial charge is 0.481 e. The van der Waals surface area contributed by atoms with Crippen molar-refractivity contribution in [1.29, 1.82) is 0 Å². The second kappa shape index (κ2) is 5.28. The molecule has 5 nitrogen and oxygen atoms in total. The van der Waals surface area contributed by atoms with Gasteiger partial charge in [-0.2, -0.15) is 0 Å². The molecule has 1 aliphatic carbocycles. The molecule has 20 heavy (non-hydrogen) atoms. The minimum atomic E-state index is -0.837. The van der Waals surface area contributed by atoms with Gasteiger partial charge in [-0.25, -0.2) is 0 Å². The number of rotatable bonds is 5. The molecule has 0 fully saturated rings. The lowest BCUT2D eigenvalue weighted by Crippen LogP contribution is -2.22. The molecule has 0 spiro atoms. The van der Waals surface area contributed by atoms with E-state index in [1.807, 2.05) is 23.6 Å². The highest BCUT2D eigenvalue weighted by molar-refractivity contribution is 7.99. The number of carboxylic acid groups (broad SMARTS) is 1. The van der Waals surface area contributed by atoms with Gasteiger partial charge in [0.25, 0.3) is 0 Å². The van der Waals surface area contributed by atoms with Gasteiger partial charge in [0, 0.05) is 12.5 Å². The number of thioether (sulfide) groups is 1. The van der Waals surface area contributed by atoms with Crippen molar-refractivity contribution in [2.45, 2.75) is 31.0 Å². The standard InChI is InChI=1S/C14H15N3O2S/c1-2-17-13(15-16-14(17)20-8-12(18)19)11-7-9-5-3-4-6-10(9)11/h3-6,11H,2,7-8H2,1H3,(H,18,19). The van der Waals surface area contributed by atoms with Crippen molar-refractivity contribution in [3.8, 4) is 0 Å². The summed E-state index contributed by atoms with van der Waals surface area (Å²) in [5, 5.41) is 17.9. The number of nitrogens with zero attached hydrogens (tertiary/aromatic N) is 3. The summed E-state index contributed by atoms with van der Waals surface area (Å²) in [5.74, 6) is 0.410. The van der Waals surface area contributed by atoms with Gasteiger partial charge in [0.05, 0.1) is 5.75 Å². The van der Waals surface area contributed by atoms with Crippen LogP contribution >= 0.6 is 11.8 Å². The van der Waals surface area contributed by atoms with E-state index in [0.29, 0.717) is 5.16 Å². The second-order valence-electron chi connectivity index (χ2n) is 4.72. The summed E-state index contributed by atoms with van der Waals surface area (Å²) >= 11 is 1.22. The zero-order valence-electron chi connectivity index (χ0n) is 11.1. The lowest BCUT2D eigenvalue weighted by Gasteiger charge is -2.29. The van der Waals surface area contributed by atoms with Crippen LogP contribution in [0.5, 0.6) is 0 Å². The summed E-state index contributed by atoms with van der Waals surface area (Å²) < 4.78 is 2.02. The quantitative estimate of drug-likeness (QED) is 0.854. The molecule has 6 heteroatoms. The number of benzene rings is 1. The molecule has 0 saturated carbocycles. The van der Waals surface area contributed by atoms with Crippen molar-refractivity contribution >= 4 is 17.7 Å². The Kier molecular flexibility index (Phi) is 3.48. The Morgan fingerprint density at radius 1 is 1.45 bits per heavy atom. The van der Waals surface area contributed by atoms with Gasteiger partial charge >= 0.3 is 5.97 Å². The Bertz CT molecular complexity index is 654. The van der Waals surface area contributed by atoms with Gasteiger partial charge in [-0.1, -0.05) is 36.0 Å². The molecule has 1 aliphatic rings. The van der Waals surface area contributed by atoms with E-state index in [-0.39, 0.29) is 11.7 Å². The Labute approximate surface area is 121 Å². The van der Waals surface area contributed by atoms with Crippen molar-refractivity contribution < 1.29 is 9.90 Å². The number of hydrogen-bond acceptors (Lipinski definition) is 4. The fraction of sp³-hybridized carbons (Fsp3) is 0.357. The molecule has 1 N–H and O–H groups in total. The summed E-state index contributed by atoms with van der Waals surface area (Å²) in [5.41, 5.74) is 2.67. The molecule has 0 bridgehead atoms. The first-order valence-electron chi connectivity index (χ1n) is 6.56. The molecule has 1 aromatic carbocycles. The highest BCUT2D eigenvalue weighted by Gasteiger charge is 2.31. The van der Waals surface area contributed by atoms with E-state index in [0.717, 1.165) is 18.8 Å². The zero-order chi connectivity index (χ0) is 14.1. The van der Waals surface area contributed by atoms with E-state index in [4.69, 9.17) is 5.11 Å². The number of fused-ring (bicyclic) bond motifs is 1. The van der Waals surface area contributed by atoms with Crippen LogP contribution < -0.4 is 0 Å². The number of hydrogen-bond donors (Lipinski definition) is 1. The first-order chi connectivity index (χ1) is 9.70. The fourth-order valence-electron chi connectivity index (χ4n) is 2.58. The summed E-state index contributed by atoms with van der Waals surface area (Å²) in [7, 11) is 0. The molecule has 0 amide bonds. The third-order valence-electron chi connectivity index (χ3n) is 3.55. The van der Waals surface area contributed by atoms with Gasteiger partial charge in [-0.05, 0) is 24.5 Å². The number of carbonyl (C=O) groups is 1. The van der Waals surface area contributed by atoms with Crippen LogP contribution in [0.2, 0.25) is 0 Å². The molecule has 1 unspecified atom stereocenters. The van der Waals surface area contributed by atoms with Gasteiger partial charge in [0.1, 0.15) is 5.82 Å². The van der Waals surface area contributed by atoms with Gasteiger partial charge in [0.2, 0.25) is 0 Å². The minimum absolute atomic E-state index is 0.0133. The minimum Gasteiger partial charge on any atom is -0.481 e. The van der Waals surface area contributed by atoms with E-state index in [1.165, 1.54) is 22.9 Å². The van der Waals surface area contributed by atoms with Crippen LogP contribution in [-0.4, -0.2) is 31.6 Å². The van der Waals surface area contributed by atoms with Crippen LogP contribution in [0.25, 0.3) is 0 Å². The topological polar surface area (TPSA) is 68.0 Å². The normalized spacial score (nSPS) is 16.6. The molecular formula is C14H15N3O2S. The highest BCUT2D eigenvalue weighted by atomic mass is 32.2. The van der Waals surface area contributed by atoms with Crippen molar-refractivity contribution in [2.75, 3.05) is 5.75 Å². The molecule has 0 saturated heterocycles. The number of aliphatic carboxylic acids is 1. The van der Waals surface area contributed by atoms with Gasteiger partial charge in [0.15, 0.2) is 5.16 Å². The van der Waals surface area contributed by atoms with Crippen molar-refractivity contribution in [3.05, 3.63) is 41.2 Å². The average Bonchev–Trinajstić information content (AvgIpc) is 2.80. The number of aromatic nitrogens is 3. The average molecular weight is 289 g/mol. The van der Waals surface area contributed by atoms with Crippen molar-refractivity contribution in [2.24, 2.45) is 0 Å². The fourth-order valence-corrected chi connectivity index (χ4v) is 3.31. The lowest BCUT2D eigenvalue weighted by molar-refractivity contribution is -0.133. The predicted octanol–water partition coefficient (Wildman–Crippen LogP) is 2.16. The van der Waals surface area contributed by atoms with Crippen LogP contribution in [0.15, 0.2) is 29.4 Å². The maximum atomic E-state index is 10.7. The Hall–Kier alpha value is -1.82. The molecule has 1 aromatic heterocycles. The molecule has 1 heterocycles. The monoisotopic (exact) mass is 289 g/mol. The summed E-state index contributed by atoms with van der Waals surface area (Å²) in [4.78, 5) is 10.7. The molecule has 1 atom stereocenters. The number of carboxylic acids is 1. The zero-order valence-corrected chi connectivity index (χ0v) is 11.9.